The molecule has 0 bridgehead atoms. The van der Waals surface area contributed by atoms with Crippen molar-refractivity contribution in [3.63, 3.8) is 0 Å². The number of hydrogen-bond acceptors (Lipinski definition) is 4. The van der Waals surface area contributed by atoms with Crippen LogP contribution in [0.15, 0.2) is 39.9 Å². The molecule has 0 unspecified atom stereocenters. The summed E-state index contributed by atoms with van der Waals surface area (Å²) in [6.45, 7) is 4.74. The van der Waals surface area contributed by atoms with Crippen molar-refractivity contribution in [3.8, 4) is 0 Å². The van der Waals surface area contributed by atoms with Crippen LogP contribution in [0.1, 0.15) is 17.8 Å². The van der Waals surface area contributed by atoms with Crippen molar-refractivity contribution in [2.45, 2.75) is 33.4 Å². The molecule has 3 aromatic rings. The predicted molar refractivity (Wildman–Crippen MR) is 98.2 cm³/mol. The van der Waals surface area contributed by atoms with Crippen LogP contribution in [0.3, 0.4) is 0 Å². The van der Waals surface area contributed by atoms with Crippen LogP contribution < -0.4 is 16.6 Å². The molecule has 0 aliphatic rings. The molecule has 0 radical (unpaired) electrons. The number of hydrogen-bond donors (Lipinski definition) is 2. The van der Waals surface area contributed by atoms with Crippen molar-refractivity contribution in [3.05, 3.63) is 62.6 Å². The van der Waals surface area contributed by atoms with Crippen molar-refractivity contribution < 1.29 is 4.79 Å². The molecule has 136 valence electrons. The van der Waals surface area contributed by atoms with Gasteiger partial charge in [-0.25, -0.2) is 4.79 Å². The summed E-state index contributed by atoms with van der Waals surface area (Å²) < 4.78 is 2.80. The highest BCUT2D eigenvalue weighted by atomic mass is 16.2. The highest BCUT2D eigenvalue weighted by molar-refractivity contribution is 5.78. The Balaban J connectivity index is 1.60. The van der Waals surface area contributed by atoms with E-state index in [0.29, 0.717) is 30.4 Å². The van der Waals surface area contributed by atoms with E-state index in [1.165, 1.54) is 0 Å². The van der Waals surface area contributed by atoms with Gasteiger partial charge in [0.1, 0.15) is 6.54 Å². The lowest BCUT2D eigenvalue weighted by molar-refractivity contribution is -0.121. The molecule has 0 saturated heterocycles. The molecule has 0 fully saturated rings. The van der Waals surface area contributed by atoms with E-state index in [2.05, 4.69) is 15.4 Å². The van der Waals surface area contributed by atoms with Gasteiger partial charge < -0.3 is 10.3 Å². The number of nitrogens with one attached hydrogen (secondary N) is 2. The molecule has 1 aromatic carbocycles. The first-order chi connectivity index (χ1) is 12.5. The van der Waals surface area contributed by atoms with E-state index in [0.717, 1.165) is 16.0 Å². The van der Waals surface area contributed by atoms with Gasteiger partial charge in [0.05, 0.1) is 16.6 Å². The summed E-state index contributed by atoms with van der Waals surface area (Å²) in [6.07, 6.45) is 0.705. The third-order valence-electron chi connectivity index (χ3n) is 4.16. The fourth-order valence-electron chi connectivity index (χ4n) is 2.90. The van der Waals surface area contributed by atoms with Crippen LogP contribution in [-0.4, -0.2) is 31.8 Å². The zero-order valence-corrected chi connectivity index (χ0v) is 14.8. The van der Waals surface area contributed by atoms with Crippen molar-refractivity contribution in [1.82, 2.24) is 24.6 Å². The standard InChI is InChI=1S/C18H21N5O3/c1-12-10-13(2)23(21-12)9-5-8-19-16(24)11-22-17(25)14-6-3-4-7-15(14)20-18(22)26/h3-4,6-7,10H,5,8-9,11H2,1-2H3,(H,19,24)(H,20,26). The van der Waals surface area contributed by atoms with Gasteiger partial charge in [-0.15, -0.1) is 0 Å². The van der Waals surface area contributed by atoms with Gasteiger partial charge in [-0.3, -0.25) is 18.8 Å². The largest absolute Gasteiger partial charge is 0.354 e. The van der Waals surface area contributed by atoms with Crippen molar-refractivity contribution >= 4 is 16.8 Å². The van der Waals surface area contributed by atoms with Gasteiger partial charge in [-0.05, 0) is 38.5 Å². The number of H-pyrrole nitrogens is 1. The lowest BCUT2D eigenvalue weighted by Crippen LogP contribution is -2.40. The maximum absolute atomic E-state index is 12.4. The fraction of sp³-hybridized carbons (Fsp3) is 0.333. The van der Waals surface area contributed by atoms with Crippen LogP contribution in [0.4, 0.5) is 0 Å². The van der Waals surface area contributed by atoms with Crippen LogP contribution in [0, 0.1) is 13.8 Å². The van der Waals surface area contributed by atoms with E-state index in [1.807, 2.05) is 24.6 Å². The second-order valence-corrected chi connectivity index (χ2v) is 6.22. The normalized spacial score (nSPS) is 11.0. The molecule has 8 nitrogen and oxygen atoms in total. The van der Waals surface area contributed by atoms with Gasteiger partial charge in [0.25, 0.3) is 5.56 Å². The molecule has 0 aliphatic carbocycles. The summed E-state index contributed by atoms with van der Waals surface area (Å²) in [7, 11) is 0. The molecule has 2 heterocycles. The summed E-state index contributed by atoms with van der Waals surface area (Å²) in [5.74, 6) is -0.374. The minimum absolute atomic E-state index is 0.307. The van der Waals surface area contributed by atoms with E-state index < -0.39 is 11.2 Å². The van der Waals surface area contributed by atoms with E-state index in [1.54, 1.807) is 24.3 Å². The molecule has 1 amide bonds. The number of carbonyl (C=O) groups excluding carboxylic acids is 1. The third kappa shape index (κ3) is 3.74. The van der Waals surface area contributed by atoms with E-state index in [-0.39, 0.29) is 12.5 Å². The maximum atomic E-state index is 12.4. The molecule has 26 heavy (non-hydrogen) atoms. The average Bonchev–Trinajstić information content (AvgIpc) is 2.93. The van der Waals surface area contributed by atoms with Crippen LogP contribution in [-0.2, 0) is 17.9 Å². The molecule has 0 aliphatic heterocycles. The summed E-state index contributed by atoms with van der Waals surface area (Å²) >= 11 is 0. The highest BCUT2D eigenvalue weighted by Crippen LogP contribution is 2.03. The smallest absolute Gasteiger partial charge is 0.329 e. The SMILES string of the molecule is Cc1cc(C)n(CCCNC(=O)Cn2c(=O)[nH]c3ccccc3c2=O)n1. The van der Waals surface area contributed by atoms with Crippen LogP contribution in [0.25, 0.3) is 10.9 Å². The Morgan fingerprint density at radius 3 is 2.73 bits per heavy atom. The predicted octanol–water partition coefficient (Wildman–Crippen LogP) is 0.710. The topological polar surface area (TPSA) is 102 Å². The molecule has 8 heteroatoms. The van der Waals surface area contributed by atoms with Gasteiger partial charge in [0.2, 0.25) is 5.91 Å². The van der Waals surface area contributed by atoms with E-state index in [9.17, 15) is 14.4 Å². The zero-order chi connectivity index (χ0) is 18.7. The second-order valence-electron chi connectivity index (χ2n) is 6.22. The first-order valence-electron chi connectivity index (χ1n) is 8.45. The number of aromatic amines is 1. The molecule has 0 atom stereocenters. The Morgan fingerprint density at radius 1 is 1.23 bits per heavy atom. The number of amides is 1. The summed E-state index contributed by atoms with van der Waals surface area (Å²) in [5, 5.41) is 7.48. The molecule has 0 spiro atoms. The highest BCUT2D eigenvalue weighted by Gasteiger charge is 2.11. The maximum Gasteiger partial charge on any atom is 0.329 e. The lowest BCUT2D eigenvalue weighted by Gasteiger charge is -2.08. The Hall–Kier alpha value is -3.16. The molecular formula is C18H21N5O3. The number of para-hydroxylation sites is 1. The number of fused-ring (bicyclic) bond motifs is 1. The summed E-state index contributed by atoms with van der Waals surface area (Å²) in [5.41, 5.74) is 1.43. The zero-order valence-electron chi connectivity index (χ0n) is 14.8. The number of carbonyl (C=O) groups is 1. The summed E-state index contributed by atoms with van der Waals surface area (Å²) in [4.78, 5) is 39.2. The van der Waals surface area contributed by atoms with E-state index >= 15 is 0 Å². The van der Waals surface area contributed by atoms with Crippen LogP contribution in [0.2, 0.25) is 0 Å². The monoisotopic (exact) mass is 355 g/mol. The van der Waals surface area contributed by atoms with Gasteiger partial charge in [0.15, 0.2) is 0 Å². The number of aromatic nitrogens is 4. The quantitative estimate of drug-likeness (QED) is 0.636. The van der Waals surface area contributed by atoms with Gasteiger partial charge in [0, 0.05) is 18.8 Å². The third-order valence-corrected chi connectivity index (χ3v) is 4.16. The van der Waals surface area contributed by atoms with Crippen LogP contribution >= 0.6 is 0 Å². The Bertz CT molecular complexity index is 1060. The molecule has 0 saturated carbocycles. The Kier molecular flexibility index (Phi) is 5.01. The second kappa shape index (κ2) is 7.38. The number of aryl methyl sites for hydroxylation is 3. The van der Waals surface area contributed by atoms with Gasteiger partial charge in [-0.2, -0.15) is 5.10 Å². The first-order valence-corrected chi connectivity index (χ1v) is 8.45. The Labute approximate surface area is 149 Å². The minimum Gasteiger partial charge on any atom is -0.354 e. The number of nitrogens with zero attached hydrogens (tertiary/aromatic N) is 3. The Morgan fingerprint density at radius 2 is 2.00 bits per heavy atom. The van der Waals surface area contributed by atoms with E-state index in [4.69, 9.17) is 0 Å². The molecular weight excluding hydrogens is 334 g/mol. The van der Waals surface area contributed by atoms with Gasteiger partial charge >= 0.3 is 5.69 Å². The van der Waals surface area contributed by atoms with Crippen molar-refractivity contribution in [1.29, 1.82) is 0 Å². The lowest BCUT2D eigenvalue weighted by atomic mass is 10.2. The van der Waals surface area contributed by atoms with Gasteiger partial charge in [-0.1, -0.05) is 12.1 Å². The van der Waals surface area contributed by atoms with Crippen molar-refractivity contribution in [2.24, 2.45) is 0 Å². The van der Waals surface area contributed by atoms with Crippen molar-refractivity contribution in [2.75, 3.05) is 6.54 Å². The number of rotatable bonds is 6. The average molecular weight is 355 g/mol. The summed E-state index contributed by atoms with van der Waals surface area (Å²) in [6, 6.07) is 8.72. The van der Waals surface area contributed by atoms with Crippen LogP contribution in [0.5, 0.6) is 0 Å². The molecule has 3 rings (SSSR count). The molecule has 2 aromatic heterocycles. The minimum atomic E-state index is -0.591. The molecule has 2 N–H and O–H groups in total. The fourth-order valence-corrected chi connectivity index (χ4v) is 2.90. The number of benzene rings is 1. The first kappa shape index (κ1) is 17.7.